The van der Waals surface area contributed by atoms with E-state index in [0.29, 0.717) is 0 Å². The van der Waals surface area contributed by atoms with Crippen LogP contribution in [0.4, 0.5) is 0 Å². The minimum absolute atomic E-state index is 0.0586. The number of hydrogen-bond donors (Lipinski definition) is 1. The molecule has 56 valence electrons. The number of rotatable bonds is 1. The van der Waals surface area contributed by atoms with Crippen LogP contribution in [0.3, 0.4) is 0 Å². The third kappa shape index (κ3) is 1.83. The molecule has 0 aromatic heterocycles. The Morgan fingerprint density at radius 1 is 1.55 bits per heavy atom. The molecule has 0 aliphatic carbocycles. The zero-order valence-electron chi connectivity index (χ0n) is 6.54. The first-order valence-electron chi connectivity index (χ1n) is 3.56. The highest BCUT2D eigenvalue weighted by Crippen LogP contribution is 2.10. The molecule has 0 aliphatic heterocycles. The van der Waals surface area contributed by atoms with E-state index in [9.17, 15) is 0 Å². The van der Waals surface area contributed by atoms with Gasteiger partial charge in [0.2, 0.25) is 0 Å². The fourth-order valence-electron chi connectivity index (χ4n) is 0.912. The first-order chi connectivity index (χ1) is 5.24. The first-order valence-corrected chi connectivity index (χ1v) is 3.56. The van der Waals surface area contributed by atoms with Gasteiger partial charge in [-0.3, -0.25) is 0 Å². The number of hydrogen-bond acceptors (Lipinski definition) is 1. The van der Waals surface area contributed by atoms with Crippen LogP contribution in [-0.2, 0) is 0 Å². The van der Waals surface area contributed by atoms with E-state index >= 15 is 0 Å². The molecule has 1 heteroatoms. The fourth-order valence-corrected chi connectivity index (χ4v) is 0.912. The van der Waals surface area contributed by atoms with Gasteiger partial charge in [0.25, 0.3) is 0 Å². The van der Waals surface area contributed by atoms with E-state index < -0.39 is 0 Å². The van der Waals surface area contributed by atoms with Crippen LogP contribution in [0.15, 0.2) is 24.3 Å². The largest absolute Gasteiger partial charge is 0.324 e. The number of terminal acetylenes is 1. The molecule has 1 aromatic carbocycles. The smallest absolute Gasteiger partial charge is 0.0266 e. The van der Waals surface area contributed by atoms with E-state index in [1.54, 1.807) is 0 Å². The molecular weight excluding hydrogens is 134 g/mol. The van der Waals surface area contributed by atoms with E-state index in [2.05, 4.69) is 5.92 Å². The van der Waals surface area contributed by atoms with Gasteiger partial charge in [0.15, 0.2) is 0 Å². The zero-order chi connectivity index (χ0) is 8.27. The Bertz CT molecular complexity index is 281. The van der Waals surface area contributed by atoms with Crippen LogP contribution < -0.4 is 5.73 Å². The van der Waals surface area contributed by atoms with Gasteiger partial charge in [-0.2, -0.15) is 0 Å². The van der Waals surface area contributed by atoms with E-state index in [0.717, 1.165) is 11.1 Å². The Hall–Kier alpha value is -1.26. The maximum absolute atomic E-state index is 5.67. The van der Waals surface area contributed by atoms with E-state index in [1.165, 1.54) is 0 Å². The molecule has 1 rings (SSSR count). The summed E-state index contributed by atoms with van der Waals surface area (Å²) < 4.78 is 0. The molecule has 0 saturated carbocycles. The van der Waals surface area contributed by atoms with E-state index in [-0.39, 0.29) is 6.04 Å². The first kappa shape index (κ1) is 7.84. The minimum Gasteiger partial charge on any atom is -0.324 e. The molecule has 0 bridgehead atoms. The van der Waals surface area contributed by atoms with Gasteiger partial charge in [-0.1, -0.05) is 18.1 Å². The molecule has 1 nitrogen and oxygen atoms in total. The van der Waals surface area contributed by atoms with Crippen LogP contribution in [0.25, 0.3) is 0 Å². The van der Waals surface area contributed by atoms with E-state index in [4.69, 9.17) is 12.2 Å². The second kappa shape index (κ2) is 3.23. The molecule has 1 atom stereocenters. The summed E-state index contributed by atoms with van der Waals surface area (Å²) in [5.74, 6) is 2.57. The third-order valence-electron chi connectivity index (χ3n) is 1.58. The van der Waals surface area contributed by atoms with Crippen molar-refractivity contribution >= 4 is 0 Å². The van der Waals surface area contributed by atoms with Crippen LogP contribution in [0.2, 0.25) is 0 Å². The van der Waals surface area contributed by atoms with Crippen molar-refractivity contribution in [1.82, 2.24) is 0 Å². The SMILES string of the molecule is C#Cc1cccc(C(C)N)c1. The molecule has 0 amide bonds. The van der Waals surface area contributed by atoms with Crippen molar-refractivity contribution in [3.8, 4) is 12.3 Å². The summed E-state index contributed by atoms with van der Waals surface area (Å²) in [7, 11) is 0. The standard InChI is InChI=1S/C10H11N/c1-3-9-5-4-6-10(7-9)8(2)11/h1,4-8H,11H2,2H3. The number of benzene rings is 1. The highest BCUT2D eigenvalue weighted by molar-refractivity contribution is 5.36. The Balaban J connectivity index is 3.03. The molecule has 0 heterocycles. The van der Waals surface area contributed by atoms with Gasteiger partial charge in [-0.15, -0.1) is 6.42 Å². The predicted octanol–water partition coefficient (Wildman–Crippen LogP) is 1.69. The normalized spacial score (nSPS) is 12.1. The summed E-state index contributed by atoms with van der Waals surface area (Å²) in [5.41, 5.74) is 7.64. The minimum atomic E-state index is 0.0586. The van der Waals surface area contributed by atoms with Gasteiger partial charge in [0.1, 0.15) is 0 Å². The summed E-state index contributed by atoms with van der Waals surface area (Å²) in [6, 6.07) is 7.79. The monoisotopic (exact) mass is 145 g/mol. The van der Waals surface area contributed by atoms with Crippen molar-refractivity contribution in [2.45, 2.75) is 13.0 Å². The molecule has 2 N–H and O–H groups in total. The van der Waals surface area contributed by atoms with Crippen molar-refractivity contribution in [3.05, 3.63) is 35.4 Å². The van der Waals surface area contributed by atoms with Crippen molar-refractivity contribution in [2.75, 3.05) is 0 Å². The summed E-state index contributed by atoms with van der Waals surface area (Å²) in [5, 5.41) is 0. The summed E-state index contributed by atoms with van der Waals surface area (Å²) in [4.78, 5) is 0. The Morgan fingerprint density at radius 2 is 2.27 bits per heavy atom. The molecule has 0 fully saturated rings. The number of nitrogens with two attached hydrogens (primary N) is 1. The van der Waals surface area contributed by atoms with Crippen LogP contribution in [0.1, 0.15) is 24.1 Å². The molecular formula is C10H11N. The Labute approximate surface area is 67.2 Å². The zero-order valence-corrected chi connectivity index (χ0v) is 6.54. The maximum atomic E-state index is 5.67. The predicted molar refractivity (Wildman–Crippen MR) is 47.0 cm³/mol. The quantitative estimate of drug-likeness (QED) is 0.598. The van der Waals surface area contributed by atoms with Gasteiger partial charge in [0, 0.05) is 11.6 Å². The maximum Gasteiger partial charge on any atom is 0.0266 e. The van der Waals surface area contributed by atoms with Crippen LogP contribution >= 0.6 is 0 Å². The molecule has 1 aromatic rings. The second-order valence-electron chi connectivity index (χ2n) is 2.56. The second-order valence-corrected chi connectivity index (χ2v) is 2.56. The lowest BCUT2D eigenvalue weighted by molar-refractivity contribution is 0.818. The van der Waals surface area contributed by atoms with Crippen molar-refractivity contribution in [1.29, 1.82) is 0 Å². The lowest BCUT2D eigenvalue weighted by atomic mass is 10.1. The summed E-state index contributed by atoms with van der Waals surface area (Å²) >= 11 is 0. The van der Waals surface area contributed by atoms with Gasteiger partial charge < -0.3 is 5.73 Å². The topological polar surface area (TPSA) is 26.0 Å². The average molecular weight is 145 g/mol. The van der Waals surface area contributed by atoms with Gasteiger partial charge in [-0.25, -0.2) is 0 Å². The highest BCUT2D eigenvalue weighted by Gasteiger charge is 1.97. The molecule has 0 saturated heterocycles. The fraction of sp³-hybridized carbons (Fsp3) is 0.200. The lowest BCUT2D eigenvalue weighted by Gasteiger charge is -2.04. The van der Waals surface area contributed by atoms with Crippen LogP contribution in [0.5, 0.6) is 0 Å². The molecule has 1 unspecified atom stereocenters. The van der Waals surface area contributed by atoms with Crippen molar-refractivity contribution in [2.24, 2.45) is 5.73 Å². The van der Waals surface area contributed by atoms with E-state index in [1.807, 2.05) is 31.2 Å². The van der Waals surface area contributed by atoms with Crippen LogP contribution in [-0.4, -0.2) is 0 Å². The summed E-state index contributed by atoms with van der Waals surface area (Å²) in [6.45, 7) is 1.94. The van der Waals surface area contributed by atoms with Gasteiger partial charge >= 0.3 is 0 Å². The molecule has 0 radical (unpaired) electrons. The third-order valence-corrected chi connectivity index (χ3v) is 1.58. The van der Waals surface area contributed by atoms with Gasteiger partial charge in [0.05, 0.1) is 0 Å². The Morgan fingerprint density at radius 3 is 2.82 bits per heavy atom. The van der Waals surface area contributed by atoms with Gasteiger partial charge in [-0.05, 0) is 24.6 Å². The lowest BCUT2D eigenvalue weighted by Crippen LogP contribution is -2.04. The average Bonchev–Trinajstić information content (AvgIpc) is 2.05. The summed E-state index contributed by atoms with van der Waals surface area (Å²) in [6.07, 6.45) is 5.23. The van der Waals surface area contributed by atoms with Crippen molar-refractivity contribution in [3.63, 3.8) is 0 Å². The van der Waals surface area contributed by atoms with Crippen molar-refractivity contribution < 1.29 is 0 Å². The highest BCUT2D eigenvalue weighted by atomic mass is 14.6. The molecule has 11 heavy (non-hydrogen) atoms. The molecule has 0 aliphatic rings. The van der Waals surface area contributed by atoms with Crippen LogP contribution in [0, 0.1) is 12.3 Å². The Kier molecular flexibility index (Phi) is 2.30. The molecule has 0 spiro atoms.